The molecule has 4 nitrogen and oxygen atoms in total. The zero-order valence-corrected chi connectivity index (χ0v) is 13.7. The van der Waals surface area contributed by atoms with Crippen molar-refractivity contribution in [2.75, 3.05) is 6.61 Å². The fourth-order valence-corrected chi connectivity index (χ4v) is 2.71. The van der Waals surface area contributed by atoms with Gasteiger partial charge in [-0.1, -0.05) is 32.0 Å². The van der Waals surface area contributed by atoms with E-state index in [-0.39, 0.29) is 16.7 Å². The average Bonchev–Trinajstić information content (AvgIpc) is 2.55. The Labute approximate surface area is 136 Å². The summed E-state index contributed by atoms with van der Waals surface area (Å²) in [5.74, 6) is -0.535. The van der Waals surface area contributed by atoms with E-state index in [2.05, 4.69) is 13.8 Å². The summed E-state index contributed by atoms with van der Waals surface area (Å²) in [5, 5.41) is 18.9. The van der Waals surface area contributed by atoms with Crippen LogP contribution >= 0.6 is 0 Å². The van der Waals surface area contributed by atoms with E-state index < -0.39 is 5.97 Å². The van der Waals surface area contributed by atoms with Gasteiger partial charge in [0.05, 0.1) is 6.61 Å². The highest BCUT2D eigenvalue weighted by Crippen LogP contribution is 2.37. The van der Waals surface area contributed by atoms with E-state index in [1.807, 2.05) is 31.2 Å². The van der Waals surface area contributed by atoms with Crippen molar-refractivity contribution in [3.05, 3.63) is 59.2 Å². The third-order valence-corrected chi connectivity index (χ3v) is 4.37. The van der Waals surface area contributed by atoms with E-state index in [0.29, 0.717) is 6.61 Å². The molecular formula is C19H22O4. The van der Waals surface area contributed by atoms with Crippen LogP contribution in [0.1, 0.15) is 48.7 Å². The molecule has 0 bridgehead atoms. The largest absolute Gasteiger partial charge is 0.507 e. The minimum Gasteiger partial charge on any atom is -0.507 e. The molecule has 0 aliphatic carbocycles. The molecule has 4 heteroatoms. The molecule has 23 heavy (non-hydrogen) atoms. The molecule has 2 rings (SSSR count). The lowest BCUT2D eigenvalue weighted by molar-refractivity contribution is 0.0693. The van der Waals surface area contributed by atoms with Gasteiger partial charge in [0.1, 0.15) is 17.1 Å². The van der Waals surface area contributed by atoms with Crippen molar-refractivity contribution in [2.45, 2.75) is 32.6 Å². The predicted octanol–water partition coefficient (Wildman–Crippen LogP) is 4.21. The Bertz CT molecular complexity index is 691. The van der Waals surface area contributed by atoms with Crippen LogP contribution in [0, 0.1) is 0 Å². The number of rotatable bonds is 6. The van der Waals surface area contributed by atoms with Gasteiger partial charge < -0.3 is 14.9 Å². The van der Waals surface area contributed by atoms with Crippen molar-refractivity contribution in [1.82, 2.24) is 0 Å². The Kier molecular flexibility index (Phi) is 4.94. The SMILES string of the molecule is CCOc1ccc(C(C)(CC)c2ccc(O)c(C(=O)O)c2)cc1. The van der Waals surface area contributed by atoms with Gasteiger partial charge in [0.25, 0.3) is 0 Å². The second kappa shape index (κ2) is 6.73. The molecule has 0 saturated carbocycles. The van der Waals surface area contributed by atoms with E-state index in [1.54, 1.807) is 12.1 Å². The molecule has 0 spiro atoms. The Morgan fingerprint density at radius 3 is 2.22 bits per heavy atom. The minimum atomic E-state index is -1.13. The molecule has 2 N–H and O–H groups in total. The first kappa shape index (κ1) is 16.9. The topological polar surface area (TPSA) is 66.8 Å². The maximum Gasteiger partial charge on any atom is 0.339 e. The number of hydrogen-bond acceptors (Lipinski definition) is 3. The van der Waals surface area contributed by atoms with Crippen LogP contribution in [0.5, 0.6) is 11.5 Å². The van der Waals surface area contributed by atoms with Crippen molar-refractivity contribution in [3.8, 4) is 11.5 Å². The van der Waals surface area contributed by atoms with Gasteiger partial charge in [-0.05, 0) is 48.7 Å². The number of hydrogen-bond donors (Lipinski definition) is 2. The quantitative estimate of drug-likeness (QED) is 0.838. The maximum absolute atomic E-state index is 11.3. The summed E-state index contributed by atoms with van der Waals surface area (Å²) in [7, 11) is 0. The first-order valence-electron chi connectivity index (χ1n) is 7.72. The summed E-state index contributed by atoms with van der Waals surface area (Å²) >= 11 is 0. The van der Waals surface area contributed by atoms with Crippen molar-refractivity contribution in [1.29, 1.82) is 0 Å². The molecule has 1 unspecified atom stereocenters. The van der Waals surface area contributed by atoms with Crippen LogP contribution < -0.4 is 4.74 Å². The zero-order valence-electron chi connectivity index (χ0n) is 13.7. The molecule has 2 aromatic rings. The monoisotopic (exact) mass is 314 g/mol. The summed E-state index contributed by atoms with van der Waals surface area (Å²) in [6, 6.07) is 12.6. The van der Waals surface area contributed by atoms with E-state index in [0.717, 1.165) is 23.3 Å². The third-order valence-electron chi connectivity index (χ3n) is 4.37. The van der Waals surface area contributed by atoms with E-state index in [1.165, 1.54) is 6.07 Å². The van der Waals surface area contributed by atoms with Crippen LogP contribution in [0.25, 0.3) is 0 Å². The molecule has 0 aromatic heterocycles. The van der Waals surface area contributed by atoms with Gasteiger partial charge in [0, 0.05) is 5.41 Å². The van der Waals surface area contributed by atoms with Gasteiger partial charge in [0.15, 0.2) is 0 Å². The van der Waals surface area contributed by atoms with Crippen LogP contribution in [-0.2, 0) is 5.41 Å². The van der Waals surface area contributed by atoms with Crippen molar-refractivity contribution in [2.24, 2.45) is 0 Å². The Morgan fingerprint density at radius 2 is 1.70 bits per heavy atom. The fourth-order valence-electron chi connectivity index (χ4n) is 2.71. The molecule has 1 atom stereocenters. The first-order chi connectivity index (χ1) is 10.9. The molecule has 2 aromatic carbocycles. The van der Waals surface area contributed by atoms with Gasteiger partial charge in [-0.25, -0.2) is 4.79 Å². The lowest BCUT2D eigenvalue weighted by Gasteiger charge is -2.30. The second-order valence-corrected chi connectivity index (χ2v) is 5.68. The summed E-state index contributed by atoms with van der Waals surface area (Å²) in [6.45, 7) is 6.68. The molecule has 0 aliphatic heterocycles. The van der Waals surface area contributed by atoms with Crippen LogP contribution in [-0.4, -0.2) is 22.8 Å². The van der Waals surface area contributed by atoms with Gasteiger partial charge in [-0.2, -0.15) is 0 Å². The molecule has 0 saturated heterocycles. The number of aromatic hydroxyl groups is 1. The number of carboxylic acid groups (broad SMARTS) is 1. The van der Waals surface area contributed by atoms with Gasteiger partial charge in [-0.3, -0.25) is 0 Å². The summed E-state index contributed by atoms with van der Waals surface area (Å²) in [6.07, 6.45) is 0.796. The highest BCUT2D eigenvalue weighted by molar-refractivity contribution is 5.91. The molecule has 0 heterocycles. The Morgan fingerprint density at radius 1 is 1.09 bits per heavy atom. The maximum atomic E-state index is 11.3. The highest BCUT2D eigenvalue weighted by Gasteiger charge is 2.28. The number of phenols is 1. The average molecular weight is 314 g/mol. The van der Waals surface area contributed by atoms with Crippen LogP contribution in [0.2, 0.25) is 0 Å². The van der Waals surface area contributed by atoms with Crippen molar-refractivity contribution < 1.29 is 19.7 Å². The molecule has 0 fully saturated rings. The molecule has 0 amide bonds. The van der Waals surface area contributed by atoms with Crippen LogP contribution in [0.15, 0.2) is 42.5 Å². The molecule has 0 radical (unpaired) electrons. The molecule has 122 valence electrons. The predicted molar refractivity (Wildman–Crippen MR) is 89.4 cm³/mol. The summed E-state index contributed by atoms with van der Waals surface area (Å²) in [4.78, 5) is 11.3. The van der Waals surface area contributed by atoms with Gasteiger partial charge in [-0.15, -0.1) is 0 Å². The number of carboxylic acids is 1. The zero-order chi connectivity index (χ0) is 17.0. The number of aromatic carboxylic acids is 1. The normalized spacial score (nSPS) is 13.3. The van der Waals surface area contributed by atoms with Crippen molar-refractivity contribution >= 4 is 5.97 Å². The summed E-state index contributed by atoms with van der Waals surface area (Å²) < 4.78 is 5.47. The smallest absolute Gasteiger partial charge is 0.339 e. The van der Waals surface area contributed by atoms with Gasteiger partial charge in [0.2, 0.25) is 0 Å². The van der Waals surface area contributed by atoms with E-state index in [9.17, 15) is 15.0 Å². The van der Waals surface area contributed by atoms with E-state index >= 15 is 0 Å². The number of benzene rings is 2. The van der Waals surface area contributed by atoms with Crippen LogP contribution in [0.3, 0.4) is 0 Å². The minimum absolute atomic E-state index is 0.0758. The number of ether oxygens (including phenoxy) is 1. The van der Waals surface area contributed by atoms with Crippen molar-refractivity contribution in [3.63, 3.8) is 0 Å². The first-order valence-corrected chi connectivity index (χ1v) is 7.72. The summed E-state index contributed by atoms with van der Waals surface area (Å²) in [5.41, 5.74) is 1.51. The number of carbonyl (C=O) groups is 1. The third kappa shape index (κ3) is 3.31. The molecule has 0 aliphatic rings. The fraction of sp³-hybridized carbons (Fsp3) is 0.316. The highest BCUT2D eigenvalue weighted by atomic mass is 16.5. The lowest BCUT2D eigenvalue weighted by Crippen LogP contribution is -2.23. The van der Waals surface area contributed by atoms with E-state index in [4.69, 9.17) is 4.74 Å². The Hall–Kier alpha value is -2.49. The Balaban J connectivity index is 2.47. The standard InChI is InChI=1S/C19H22O4/c1-4-19(3,13-6-9-15(10-7-13)23-5-2)14-8-11-17(20)16(12-14)18(21)22/h6-12,20H,4-5H2,1-3H3,(H,21,22). The van der Waals surface area contributed by atoms with Crippen LogP contribution in [0.4, 0.5) is 0 Å². The second-order valence-electron chi connectivity index (χ2n) is 5.68. The molecular weight excluding hydrogens is 292 g/mol. The lowest BCUT2D eigenvalue weighted by atomic mass is 9.74. The van der Waals surface area contributed by atoms with Gasteiger partial charge >= 0.3 is 5.97 Å².